The van der Waals surface area contributed by atoms with Gasteiger partial charge in [-0.3, -0.25) is 9.78 Å². The van der Waals surface area contributed by atoms with Crippen LogP contribution in [0.3, 0.4) is 0 Å². The molecule has 0 saturated carbocycles. The molecule has 1 fully saturated rings. The number of methoxy groups -OCH3 is 1. The summed E-state index contributed by atoms with van der Waals surface area (Å²) >= 11 is 6.33. The number of aromatic nitrogens is 2. The van der Waals surface area contributed by atoms with Crippen molar-refractivity contribution in [2.45, 2.75) is 18.9 Å². The molecule has 0 bridgehead atoms. The van der Waals surface area contributed by atoms with Crippen molar-refractivity contribution in [2.24, 2.45) is 0 Å². The average molecular weight is 470 g/mol. The summed E-state index contributed by atoms with van der Waals surface area (Å²) in [4.78, 5) is 19.9. The highest BCUT2D eigenvalue weighted by molar-refractivity contribution is 6.32. The zero-order valence-corrected chi connectivity index (χ0v) is 19.5. The molecule has 4 rings (SSSR count). The largest absolute Gasteiger partial charge is 0.493 e. The molecule has 3 aromatic rings. The lowest BCUT2D eigenvalue weighted by Gasteiger charge is -2.27. The molecule has 1 atom stereocenters. The zero-order valence-electron chi connectivity index (χ0n) is 18.7. The molecule has 1 saturated heterocycles. The quantitative estimate of drug-likeness (QED) is 0.317. The summed E-state index contributed by atoms with van der Waals surface area (Å²) in [6.07, 6.45) is 6.02. The summed E-state index contributed by atoms with van der Waals surface area (Å²) in [5, 5.41) is 10.3. The third kappa shape index (κ3) is 4.98. The van der Waals surface area contributed by atoms with Crippen molar-refractivity contribution in [1.82, 2.24) is 20.6 Å². The Kier molecular flexibility index (Phi) is 7.49. The minimum Gasteiger partial charge on any atom is -0.493 e. The molecule has 174 valence electrons. The summed E-state index contributed by atoms with van der Waals surface area (Å²) in [6, 6.07) is 7.66. The van der Waals surface area contributed by atoms with Crippen molar-refractivity contribution in [3.05, 3.63) is 52.9 Å². The maximum atomic E-state index is 12.2. The van der Waals surface area contributed by atoms with Crippen molar-refractivity contribution in [2.75, 3.05) is 39.2 Å². The van der Waals surface area contributed by atoms with E-state index in [0.717, 1.165) is 36.2 Å². The summed E-state index contributed by atoms with van der Waals surface area (Å²) in [5.41, 5.74) is 4.21. The van der Waals surface area contributed by atoms with Gasteiger partial charge in [0.1, 0.15) is 12.4 Å². The van der Waals surface area contributed by atoms with Gasteiger partial charge in [-0.15, -0.1) is 0 Å². The normalized spacial score (nSPS) is 15.1. The number of carbonyl (C=O) groups is 1. The van der Waals surface area contributed by atoms with Crippen LogP contribution in [0.5, 0.6) is 11.5 Å². The molecule has 1 aliphatic heterocycles. The van der Waals surface area contributed by atoms with Gasteiger partial charge in [0.15, 0.2) is 12.0 Å². The number of benzene rings is 1. The second kappa shape index (κ2) is 10.7. The predicted molar refractivity (Wildman–Crippen MR) is 130 cm³/mol. The SMILES string of the molecule is CNCCc1[nH]c(-c2ccncc2OCC2CCN2)c(Nc2cccc(Cl)c2OC)c1C=O. The van der Waals surface area contributed by atoms with Crippen LogP contribution in [-0.2, 0) is 6.42 Å². The Bertz CT molecular complexity index is 1110. The number of rotatable bonds is 11. The van der Waals surface area contributed by atoms with Crippen LogP contribution in [-0.4, -0.2) is 56.1 Å². The number of aromatic amines is 1. The number of ether oxygens (including phenoxy) is 2. The van der Waals surface area contributed by atoms with Crippen molar-refractivity contribution in [3.8, 4) is 22.8 Å². The predicted octanol–water partition coefficient (Wildman–Crippen LogP) is 3.80. The first-order valence-corrected chi connectivity index (χ1v) is 11.3. The van der Waals surface area contributed by atoms with Crippen LogP contribution in [0.25, 0.3) is 11.3 Å². The van der Waals surface area contributed by atoms with E-state index in [4.69, 9.17) is 21.1 Å². The van der Waals surface area contributed by atoms with Crippen molar-refractivity contribution < 1.29 is 14.3 Å². The molecule has 1 aliphatic rings. The molecule has 4 N–H and O–H groups in total. The van der Waals surface area contributed by atoms with E-state index >= 15 is 0 Å². The third-order valence-corrected chi connectivity index (χ3v) is 6.01. The third-order valence-electron chi connectivity index (χ3n) is 5.71. The molecule has 1 unspecified atom stereocenters. The highest BCUT2D eigenvalue weighted by atomic mass is 35.5. The lowest BCUT2D eigenvalue weighted by molar-refractivity contribution is 0.112. The van der Waals surface area contributed by atoms with Gasteiger partial charge in [-0.05, 0) is 38.2 Å². The molecule has 0 spiro atoms. The molecule has 8 nitrogen and oxygen atoms in total. The number of likely N-dealkylation sites (N-methyl/N-ethyl adjacent to an activating group) is 1. The van der Waals surface area contributed by atoms with Crippen molar-refractivity contribution in [3.63, 3.8) is 0 Å². The Morgan fingerprint density at radius 3 is 2.88 bits per heavy atom. The Hall–Kier alpha value is -3.07. The number of anilines is 2. The smallest absolute Gasteiger partial charge is 0.160 e. The number of pyridine rings is 1. The monoisotopic (exact) mass is 469 g/mol. The van der Waals surface area contributed by atoms with Gasteiger partial charge in [-0.1, -0.05) is 17.7 Å². The zero-order chi connectivity index (χ0) is 23.2. The summed E-state index contributed by atoms with van der Waals surface area (Å²) in [5.74, 6) is 1.15. The van der Waals surface area contributed by atoms with Crippen molar-refractivity contribution in [1.29, 1.82) is 0 Å². The van der Waals surface area contributed by atoms with E-state index in [1.807, 2.05) is 25.2 Å². The van der Waals surface area contributed by atoms with Crippen LogP contribution in [0.2, 0.25) is 5.02 Å². The molecule has 33 heavy (non-hydrogen) atoms. The standard InChI is InChI=1S/C24H28ClN5O3/c1-26-9-8-19-17(13-31)23(30-20-5-3-4-18(25)24(20)32-2)22(29-19)16-7-10-27-12-21(16)33-14-15-6-11-28-15/h3-5,7,10,12-13,15,26,28-30H,6,8-9,11,14H2,1-2H3. The average Bonchev–Trinajstić information content (AvgIpc) is 3.14. The number of H-pyrrole nitrogens is 1. The molecule has 3 heterocycles. The van der Waals surface area contributed by atoms with E-state index in [2.05, 4.69) is 25.9 Å². The van der Waals surface area contributed by atoms with Crippen LogP contribution >= 0.6 is 11.6 Å². The molecule has 2 aromatic heterocycles. The number of nitrogens with zero attached hydrogens (tertiary/aromatic N) is 1. The number of aldehydes is 1. The van der Waals surface area contributed by atoms with Gasteiger partial charge in [-0.2, -0.15) is 0 Å². The second-order valence-corrected chi connectivity index (χ2v) is 8.21. The topological polar surface area (TPSA) is 100 Å². The molecule has 1 aromatic carbocycles. The van der Waals surface area contributed by atoms with E-state index in [-0.39, 0.29) is 0 Å². The fourth-order valence-corrected chi connectivity index (χ4v) is 4.06. The maximum Gasteiger partial charge on any atom is 0.160 e. The molecular weight excluding hydrogens is 442 g/mol. The number of halogens is 1. The summed E-state index contributed by atoms with van der Waals surface area (Å²) < 4.78 is 11.6. The first kappa shape index (κ1) is 23.1. The minimum absolute atomic E-state index is 0.340. The first-order chi connectivity index (χ1) is 16.2. The Morgan fingerprint density at radius 2 is 2.18 bits per heavy atom. The fourth-order valence-electron chi connectivity index (χ4n) is 3.81. The molecule has 0 aliphatic carbocycles. The molecular formula is C24H28ClN5O3. The van der Waals surface area contributed by atoms with E-state index in [0.29, 0.717) is 59.1 Å². The molecule has 9 heteroatoms. The van der Waals surface area contributed by atoms with E-state index in [9.17, 15) is 4.79 Å². The van der Waals surface area contributed by atoms with Gasteiger partial charge in [0.25, 0.3) is 0 Å². The minimum atomic E-state index is 0.340. The van der Waals surface area contributed by atoms with Crippen LogP contribution in [0, 0.1) is 0 Å². The van der Waals surface area contributed by atoms with Crippen LogP contribution < -0.4 is 25.4 Å². The number of hydrogen-bond donors (Lipinski definition) is 4. The highest BCUT2D eigenvalue weighted by Gasteiger charge is 2.23. The Morgan fingerprint density at radius 1 is 1.33 bits per heavy atom. The molecule has 0 radical (unpaired) electrons. The van der Waals surface area contributed by atoms with Crippen LogP contribution in [0.1, 0.15) is 22.5 Å². The van der Waals surface area contributed by atoms with Gasteiger partial charge >= 0.3 is 0 Å². The van der Waals surface area contributed by atoms with Gasteiger partial charge in [0.2, 0.25) is 0 Å². The molecule has 0 amide bonds. The second-order valence-electron chi connectivity index (χ2n) is 7.81. The van der Waals surface area contributed by atoms with Crippen molar-refractivity contribution >= 4 is 29.3 Å². The van der Waals surface area contributed by atoms with Crippen LogP contribution in [0.15, 0.2) is 36.7 Å². The maximum absolute atomic E-state index is 12.2. The lowest BCUT2D eigenvalue weighted by Crippen LogP contribution is -2.46. The van der Waals surface area contributed by atoms with Gasteiger partial charge in [-0.25, -0.2) is 0 Å². The number of para-hydroxylation sites is 1. The van der Waals surface area contributed by atoms with E-state index < -0.39 is 0 Å². The number of nitrogens with one attached hydrogen (secondary N) is 4. The fraction of sp³-hybridized carbons (Fsp3) is 0.333. The summed E-state index contributed by atoms with van der Waals surface area (Å²) in [7, 11) is 3.44. The number of carbonyl (C=O) groups excluding carboxylic acids is 1. The Balaban J connectivity index is 1.79. The van der Waals surface area contributed by atoms with Gasteiger partial charge in [0.05, 0.1) is 41.0 Å². The first-order valence-electron chi connectivity index (χ1n) is 10.9. The highest BCUT2D eigenvalue weighted by Crippen LogP contribution is 2.41. The van der Waals surface area contributed by atoms with Crippen LogP contribution in [0.4, 0.5) is 11.4 Å². The van der Waals surface area contributed by atoms with Gasteiger partial charge in [0, 0.05) is 36.5 Å². The Labute approximate surface area is 198 Å². The lowest BCUT2D eigenvalue weighted by atomic mass is 10.1. The number of hydrogen-bond acceptors (Lipinski definition) is 7. The van der Waals surface area contributed by atoms with E-state index in [1.54, 1.807) is 25.6 Å². The van der Waals surface area contributed by atoms with E-state index in [1.165, 1.54) is 0 Å². The summed E-state index contributed by atoms with van der Waals surface area (Å²) in [6.45, 7) is 2.28. The van der Waals surface area contributed by atoms with Gasteiger partial charge < -0.3 is 30.4 Å².